The fourth-order valence-electron chi connectivity index (χ4n) is 2.70. The lowest BCUT2D eigenvalue weighted by Gasteiger charge is -2.10. The van der Waals surface area contributed by atoms with E-state index < -0.39 is 5.97 Å². The van der Waals surface area contributed by atoms with Gasteiger partial charge in [0, 0.05) is 0 Å². The van der Waals surface area contributed by atoms with Crippen molar-refractivity contribution in [2.45, 2.75) is 13.8 Å². The zero-order valence-electron chi connectivity index (χ0n) is 14.7. The molecule has 0 aliphatic heterocycles. The van der Waals surface area contributed by atoms with Gasteiger partial charge in [-0.1, -0.05) is 42.5 Å². The second-order valence-electron chi connectivity index (χ2n) is 6.10. The highest BCUT2D eigenvalue weighted by Crippen LogP contribution is 2.30. The monoisotopic (exact) mass is 410 g/mol. The molecular weight excluding hydrogens is 392 g/mol. The van der Waals surface area contributed by atoms with Crippen LogP contribution < -0.4 is 9.47 Å². The maximum absolute atomic E-state index is 12.1. The molecule has 0 aliphatic rings. The highest BCUT2D eigenvalue weighted by atomic mass is 79.9. The number of benzene rings is 3. The van der Waals surface area contributed by atoms with Crippen molar-refractivity contribution >= 4 is 21.9 Å². The van der Waals surface area contributed by atoms with Crippen LogP contribution in [0.15, 0.2) is 71.2 Å². The van der Waals surface area contributed by atoms with Crippen LogP contribution in [0.5, 0.6) is 11.5 Å². The highest BCUT2D eigenvalue weighted by Gasteiger charge is 2.11. The van der Waals surface area contributed by atoms with Crippen LogP contribution in [0.4, 0.5) is 0 Å². The minimum atomic E-state index is -0.447. The Bertz CT molecular complexity index is 900. The minimum absolute atomic E-state index is 0.143. The molecule has 3 aromatic carbocycles. The number of esters is 1. The van der Waals surface area contributed by atoms with Crippen molar-refractivity contribution < 1.29 is 14.3 Å². The smallest absolute Gasteiger partial charge is 0.349 e. The number of carbonyl (C=O) groups excluding carboxylic acids is 1. The third kappa shape index (κ3) is 4.73. The fourth-order valence-corrected chi connectivity index (χ4v) is 3.16. The van der Waals surface area contributed by atoms with Gasteiger partial charge in [-0.15, -0.1) is 0 Å². The summed E-state index contributed by atoms with van der Waals surface area (Å²) >= 11 is 3.47. The summed E-state index contributed by atoms with van der Waals surface area (Å²) in [5, 5.41) is 0. The summed E-state index contributed by atoms with van der Waals surface area (Å²) in [6, 6.07) is 21.5. The summed E-state index contributed by atoms with van der Waals surface area (Å²) in [4.78, 5) is 12.1. The summed E-state index contributed by atoms with van der Waals surface area (Å²) in [6.45, 7) is 3.84. The van der Waals surface area contributed by atoms with E-state index in [4.69, 9.17) is 9.47 Å². The molecule has 3 rings (SSSR count). The van der Waals surface area contributed by atoms with E-state index in [0.29, 0.717) is 11.5 Å². The van der Waals surface area contributed by atoms with Gasteiger partial charge >= 0.3 is 5.97 Å². The molecule has 0 aromatic heterocycles. The lowest BCUT2D eigenvalue weighted by Crippen LogP contribution is -2.18. The van der Waals surface area contributed by atoms with Gasteiger partial charge in [0.05, 0.1) is 4.47 Å². The zero-order valence-corrected chi connectivity index (χ0v) is 16.2. The quantitative estimate of drug-likeness (QED) is 0.398. The van der Waals surface area contributed by atoms with Gasteiger partial charge in [0.1, 0.15) is 11.5 Å². The van der Waals surface area contributed by atoms with Crippen LogP contribution in [0.1, 0.15) is 11.1 Å². The number of rotatable bonds is 5. The number of halogens is 1. The molecule has 0 amide bonds. The normalized spacial score (nSPS) is 10.4. The average Bonchev–Trinajstić information content (AvgIpc) is 2.62. The van der Waals surface area contributed by atoms with Crippen molar-refractivity contribution in [1.29, 1.82) is 0 Å². The Morgan fingerprint density at radius 1 is 0.885 bits per heavy atom. The lowest BCUT2D eigenvalue weighted by molar-refractivity contribution is -0.136. The summed E-state index contributed by atoms with van der Waals surface area (Å²) in [5.41, 5.74) is 4.33. The number of hydrogen-bond donors (Lipinski definition) is 0. The standard InChI is InChI=1S/C22H19BrO3/c1-15-10-16(2)12-19(11-15)25-14-22(24)26-21-9-8-18(13-20(21)23)17-6-4-3-5-7-17/h3-13H,14H2,1-2H3. The van der Waals surface area contributed by atoms with Gasteiger partial charge in [-0.25, -0.2) is 4.79 Å². The molecule has 26 heavy (non-hydrogen) atoms. The Labute approximate surface area is 161 Å². The van der Waals surface area contributed by atoms with Crippen molar-refractivity contribution in [3.8, 4) is 22.6 Å². The number of ether oxygens (including phenoxy) is 2. The lowest BCUT2D eigenvalue weighted by atomic mass is 10.1. The third-order valence-electron chi connectivity index (χ3n) is 3.81. The van der Waals surface area contributed by atoms with Crippen LogP contribution in [0.3, 0.4) is 0 Å². The highest BCUT2D eigenvalue weighted by molar-refractivity contribution is 9.10. The average molecular weight is 411 g/mol. The molecule has 0 bridgehead atoms. The molecule has 0 spiro atoms. The van der Waals surface area contributed by atoms with Gasteiger partial charge in [-0.2, -0.15) is 0 Å². The van der Waals surface area contributed by atoms with Gasteiger partial charge in [0.25, 0.3) is 0 Å². The topological polar surface area (TPSA) is 35.5 Å². The van der Waals surface area contributed by atoms with E-state index >= 15 is 0 Å². The van der Waals surface area contributed by atoms with Crippen molar-refractivity contribution in [2.75, 3.05) is 6.61 Å². The van der Waals surface area contributed by atoms with Gasteiger partial charge in [0.15, 0.2) is 6.61 Å². The predicted octanol–water partition coefficient (Wildman–Crippen LogP) is 5.72. The SMILES string of the molecule is Cc1cc(C)cc(OCC(=O)Oc2ccc(-c3ccccc3)cc2Br)c1. The van der Waals surface area contributed by atoms with Gasteiger partial charge < -0.3 is 9.47 Å². The van der Waals surface area contributed by atoms with Crippen molar-refractivity contribution in [3.63, 3.8) is 0 Å². The molecule has 0 aliphatic carbocycles. The van der Waals surface area contributed by atoms with Crippen molar-refractivity contribution in [3.05, 3.63) is 82.3 Å². The minimum Gasteiger partial charge on any atom is -0.482 e. The van der Waals surface area contributed by atoms with E-state index in [1.54, 1.807) is 6.07 Å². The Morgan fingerprint density at radius 2 is 1.58 bits per heavy atom. The van der Waals surface area contributed by atoms with Crippen LogP contribution in [-0.2, 0) is 4.79 Å². The molecule has 0 saturated carbocycles. The summed E-state index contributed by atoms with van der Waals surface area (Å²) in [7, 11) is 0. The molecule has 0 radical (unpaired) electrons. The van der Waals surface area contributed by atoms with E-state index in [1.165, 1.54) is 0 Å². The maximum Gasteiger partial charge on any atom is 0.349 e. The molecule has 0 heterocycles. The van der Waals surface area contributed by atoms with E-state index in [1.807, 2.05) is 68.4 Å². The molecule has 0 saturated heterocycles. The first-order chi connectivity index (χ1) is 12.5. The van der Waals surface area contributed by atoms with Crippen LogP contribution in [0, 0.1) is 13.8 Å². The van der Waals surface area contributed by atoms with Gasteiger partial charge in [-0.05, 0) is 76.3 Å². The second-order valence-corrected chi connectivity index (χ2v) is 6.95. The molecule has 3 aromatic rings. The van der Waals surface area contributed by atoms with E-state index in [2.05, 4.69) is 22.0 Å². The fraction of sp³-hybridized carbons (Fsp3) is 0.136. The Kier molecular flexibility index (Phi) is 5.74. The van der Waals surface area contributed by atoms with Crippen LogP contribution in [0.25, 0.3) is 11.1 Å². The first kappa shape index (κ1) is 18.2. The second kappa shape index (κ2) is 8.19. The van der Waals surface area contributed by atoms with Crippen molar-refractivity contribution in [2.24, 2.45) is 0 Å². The molecule has 4 heteroatoms. The van der Waals surface area contributed by atoms with Gasteiger partial charge in [-0.3, -0.25) is 0 Å². The van der Waals surface area contributed by atoms with E-state index in [-0.39, 0.29) is 6.61 Å². The van der Waals surface area contributed by atoms with Gasteiger partial charge in [0.2, 0.25) is 0 Å². The Balaban J connectivity index is 1.64. The molecule has 0 atom stereocenters. The third-order valence-corrected chi connectivity index (χ3v) is 4.43. The molecule has 3 nitrogen and oxygen atoms in total. The Morgan fingerprint density at radius 3 is 2.23 bits per heavy atom. The molecular formula is C22H19BrO3. The summed E-state index contributed by atoms with van der Waals surface area (Å²) in [5.74, 6) is 0.689. The first-order valence-corrected chi connectivity index (χ1v) is 9.07. The summed E-state index contributed by atoms with van der Waals surface area (Å²) < 4.78 is 11.7. The summed E-state index contributed by atoms with van der Waals surface area (Å²) in [6.07, 6.45) is 0. The Hall–Kier alpha value is -2.59. The van der Waals surface area contributed by atoms with Crippen LogP contribution >= 0.6 is 15.9 Å². The molecule has 132 valence electrons. The number of hydrogen-bond acceptors (Lipinski definition) is 3. The van der Waals surface area contributed by atoms with E-state index in [0.717, 1.165) is 26.7 Å². The first-order valence-electron chi connectivity index (χ1n) is 8.28. The molecule has 0 N–H and O–H groups in total. The van der Waals surface area contributed by atoms with Crippen LogP contribution in [0.2, 0.25) is 0 Å². The maximum atomic E-state index is 12.1. The molecule has 0 unspecified atom stereocenters. The largest absolute Gasteiger partial charge is 0.482 e. The van der Waals surface area contributed by atoms with Crippen molar-refractivity contribution in [1.82, 2.24) is 0 Å². The number of carbonyl (C=O) groups is 1. The van der Waals surface area contributed by atoms with E-state index in [9.17, 15) is 4.79 Å². The predicted molar refractivity (Wildman–Crippen MR) is 107 cm³/mol. The van der Waals surface area contributed by atoms with Crippen LogP contribution in [-0.4, -0.2) is 12.6 Å². The number of aryl methyl sites for hydroxylation is 2. The molecule has 0 fully saturated rings. The zero-order chi connectivity index (χ0) is 18.5.